The molecule has 0 atom stereocenters. The van der Waals surface area contributed by atoms with Crippen LogP contribution in [0.15, 0.2) is 45.9 Å². The first-order valence-electron chi connectivity index (χ1n) is 4.94. The maximum atomic E-state index is 11.9. The molecular formula is C12H11BrN2O. The summed E-state index contributed by atoms with van der Waals surface area (Å²) in [5.41, 5.74) is 1.76. The Morgan fingerprint density at radius 3 is 2.69 bits per heavy atom. The summed E-state index contributed by atoms with van der Waals surface area (Å²) >= 11 is 3.25. The van der Waals surface area contributed by atoms with Crippen LogP contribution in [0.1, 0.15) is 11.3 Å². The molecule has 0 amide bonds. The van der Waals surface area contributed by atoms with E-state index in [-0.39, 0.29) is 5.56 Å². The second kappa shape index (κ2) is 4.61. The maximum absolute atomic E-state index is 11.9. The second-order valence-electron chi connectivity index (χ2n) is 3.56. The van der Waals surface area contributed by atoms with Crippen LogP contribution in [0.4, 0.5) is 0 Å². The lowest BCUT2D eigenvalue weighted by Gasteiger charge is -2.06. The number of halogens is 1. The summed E-state index contributed by atoms with van der Waals surface area (Å²) in [6, 6.07) is 9.84. The van der Waals surface area contributed by atoms with Gasteiger partial charge >= 0.3 is 0 Å². The van der Waals surface area contributed by atoms with Crippen molar-refractivity contribution in [2.75, 3.05) is 0 Å². The van der Waals surface area contributed by atoms with Crippen LogP contribution in [-0.2, 0) is 6.54 Å². The molecule has 0 aliphatic rings. The van der Waals surface area contributed by atoms with Crippen molar-refractivity contribution in [1.29, 1.82) is 0 Å². The van der Waals surface area contributed by atoms with Crippen molar-refractivity contribution in [3.8, 4) is 0 Å². The van der Waals surface area contributed by atoms with Gasteiger partial charge in [-0.05, 0) is 28.4 Å². The van der Waals surface area contributed by atoms with E-state index in [4.69, 9.17) is 0 Å². The molecule has 0 aliphatic carbocycles. The van der Waals surface area contributed by atoms with Crippen molar-refractivity contribution in [3.63, 3.8) is 0 Å². The van der Waals surface area contributed by atoms with Crippen molar-refractivity contribution in [1.82, 2.24) is 9.55 Å². The zero-order valence-electron chi connectivity index (χ0n) is 8.85. The Morgan fingerprint density at radius 1 is 1.31 bits per heavy atom. The molecule has 1 aromatic carbocycles. The van der Waals surface area contributed by atoms with Gasteiger partial charge in [-0.2, -0.15) is 0 Å². The van der Waals surface area contributed by atoms with Gasteiger partial charge in [0.1, 0.15) is 4.47 Å². The highest BCUT2D eigenvalue weighted by atomic mass is 79.9. The van der Waals surface area contributed by atoms with Crippen molar-refractivity contribution in [2.45, 2.75) is 13.5 Å². The predicted molar refractivity (Wildman–Crippen MR) is 66.5 cm³/mol. The van der Waals surface area contributed by atoms with E-state index in [0.29, 0.717) is 16.7 Å². The van der Waals surface area contributed by atoms with Gasteiger partial charge in [-0.3, -0.25) is 9.36 Å². The molecule has 2 rings (SSSR count). The topological polar surface area (TPSA) is 34.9 Å². The van der Waals surface area contributed by atoms with Gasteiger partial charge in [-0.1, -0.05) is 30.3 Å². The van der Waals surface area contributed by atoms with Gasteiger partial charge in [0.15, 0.2) is 0 Å². The van der Waals surface area contributed by atoms with Crippen molar-refractivity contribution < 1.29 is 0 Å². The molecule has 1 aromatic heterocycles. The highest BCUT2D eigenvalue weighted by Gasteiger charge is 2.05. The Balaban J connectivity index is 2.37. The first-order chi connectivity index (χ1) is 7.68. The molecule has 0 bridgehead atoms. The first-order valence-corrected chi connectivity index (χ1v) is 5.73. The van der Waals surface area contributed by atoms with E-state index in [0.717, 1.165) is 5.56 Å². The molecule has 0 saturated carbocycles. The van der Waals surface area contributed by atoms with Crippen LogP contribution in [0.2, 0.25) is 0 Å². The number of aromatic nitrogens is 2. The molecule has 16 heavy (non-hydrogen) atoms. The Hall–Kier alpha value is -1.42. The lowest BCUT2D eigenvalue weighted by atomic mass is 10.2. The van der Waals surface area contributed by atoms with Crippen LogP contribution in [0.3, 0.4) is 0 Å². The third-order valence-corrected chi connectivity index (χ3v) is 3.27. The van der Waals surface area contributed by atoms with Gasteiger partial charge in [0.05, 0.1) is 18.6 Å². The van der Waals surface area contributed by atoms with Crippen LogP contribution in [0.5, 0.6) is 0 Å². The van der Waals surface area contributed by atoms with E-state index >= 15 is 0 Å². The summed E-state index contributed by atoms with van der Waals surface area (Å²) in [5.74, 6) is 0. The monoisotopic (exact) mass is 278 g/mol. The summed E-state index contributed by atoms with van der Waals surface area (Å²) < 4.78 is 2.12. The van der Waals surface area contributed by atoms with E-state index in [1.807, 2.05) is 30.3 Å². The Labute approximate surface area is 102 Å². The summed E-state index contributed by atoms with van der Waals surface area (Å²) in [6.45, 7) is 2.35. The highest BCUT2D eigenvalue weighted by Crippen LogP contribution is 2.07. The molecule has 82 valence electrons. The summed E-state index contributed by atoms with van der Waals surface area (Å²) in [6.07, 6.45) is 1.58. The fourth-order valence-corrected chi connectivity index (χ4v) is 1.77. The fourth-order valence-electron chi connectivity index (χ4n) is 1.44. The lowest BCUT2D eigenvalue weighted by molar-refractivity contribution is 0.724. The van der Waals surface area contributed by atoms with Gasteiger partial charge in [0.25, 0.3) is 5.56 Å². The quantitative estimate of drug-likeness (QED) is 0.845. The van der Waals surface area contributed by atoms with E-state index in [2.05, 4.69) is 20.9 Å². The second-order valence-corrected chi connectivity index (χ2v) is 4.36. The maximum Gasteiger partial charge on any atom is 0.268 e. The van der Waals surface area contributed by atoms with Gasteiger partial charge in [-0.15, -0.1) is 0 Å². The molecule has 4 heteroatoms. The molecular weight excluding hydrogens is 268 g/mol. The van der Waals surface area contributed by atoms with Crippen molar-refractivity contribution >= 4 is 15.9 Å². The average molecular weight is 279 g/mol. The number of hydrogen-bond donors (Lipinski definition) is 0. The summed E-state index contributed by atoms with van der Waals surface area (Å²) in [7, 11) is 0. The smallest absolute Gasteiger partial charge is 0.268 e. The van der Waals surface area contributed by atoms with E-state index in [1.165, 1.54) is 0 Å². The summed E-state index contributed by atoms with van der Waals surface area (Å²) in [4.78, 5) is 16.0. The van der Waals surface area contributed by atoms with Gasteiger partial charge in [0, 0.05) is 0 Å². The standard InChI is InChI=1S/C12H11BrN2O/c1-9-11(13)12(16)15(8-14-9)7-10-5-3-2-4-6-10/h2-6,8H,7H2,1H3. The van der Waals surface area contributed by atoms with Gasteiger partial charge in [0.2, 0.25) is 0 Å². The molecule has 0 saturated heterocycles. The van der Waals surface area contributed by atoms with Gasteiger partial charge in [-0.25, -0.2) is 4.98 Å². The molecule has 2 aromatic rings. The Bertz CT molecular complexity index is 549. The minimum Gasteiger partial charge on any atom is -0.294 e. The number of aryl methyl sites for hydroxylation is 1. The largest absolute Gasteiger partial charge is 0.294 e. The van der Waals surface area contributed by atoms with E-state index in [9.17, 15) is 4.79 Å². The van der Waals surface area contributed by atoms with Crippen LogP contribution in [-0.4, -0.2) is 9.55 Å². The average Bonchev–Trinajstić information content (AvgIpc) is 2.31. The third kappa shape index (κ3) is 2.22. The normalized spacial score (nSPS) is 10.4. The van der Waals surface area contributed by atoms with E-state index < -0.39 is 0 Å². The molecule has 3 nitrogen and oxygen atoms in total. The van der Waals surface area contributed by atoms with Crippen LogP contribution >= 0.6 is 15.9 Å². The minimum absolute atomic E-state index is 0.0450. The highest BCUT2D eigenvalue weighted by molar-refractivity contribution is 9.10. The Kier molecular flexibility index (Phi) is 3.19. The lowest BCUT2D eigenvalue weighted by Crippen LogP contribution is -2.22. The molecule has 0 unspecified atom stereocenters. The first kappa shape index (κ1) is 11.1. The fraction of sp³-hybridized carbons (Fsp3) is 0.167. The molecule has 1 heterocycles. The molecule has 0 spiro atoms. The number of benzene rings is 1. The minimum atomic E-state index is -0.0450. The van der Waals surface area contributed by atoms with Crippen molar-refractivity contribution in [2.24, 2.45) is 0 Å². The SMILES string of the molecule is Cc1ncn(Cc2ccccc2)c(=O)c1Br. The number of nitrogens with zero attached hydrogens (tertiary/aromatic N) is 2. The molecule has 0 N–H and O–H groups in total. The Morgan fingerprint density at radius 2 is 2.00 bits per heavy atom. The van der Waals surface area contributed by atoms with E-state index in [1.54, 1.807) is 17.8 Å². The third-order valence-electron chi connectivity index (χ3n) is 2.35. The van der Waals surface area contributed by atoms with Crippen molar-refractivity contribution in [3.05, 3.63) is 62.7 Å². The number of rotatable bonds is 2. The number of hydrogen-bond acceptors (Lipinski definition) is 2. The van der Waals surface area contributed by atoms with Crippen LogP contribution < -0.4 is 5.56 Å². The van der Waals surface area contributed by atoms with Crippen LogP contribution in [0.25, 0.3) is 0 Å². The van der Waals surface area contributed by atoms with Crippen LogP contribution in [0, 0.1) is 6.92 Å². The zero-order chi connectivity index (χ0) is 11.5. The molecule has 0 radical (unpaired) electrons. The molecule has 0 aliphatic heterocycles. The molecule has 0 fully saturated rings. The predicted octanol–water partition coefficient (Wildman–Crippen LogP) is 2.36. The zero-order valence-corrected chi connectivity index (χ0v) is 10.4. The summed E-state index contributed by atoms with van der Waals surface area (Å²) in [5, 5.41) is 0. The van der Waals surface area contributed by atoms with Gasteiger partial charge < -0.3 is 0 Å².